The molecule has 0 heterocycles. The Morgan fingerprint density at radius 1 is 0.851 bits per heavy atom. The van der Waals surface area contributed by atoms with Gasteiger partial charge >= 0.3 is 12.4 Å². The summed E-state index contributed by atoms with van der Waals surface area (Å²) in [7, 11) is 0. The number of nitrogens with one attached hydrogen (secondary N) is 3. The molecule has 1 aliphatic rings. The van der Waals surface area contributed by atoms with Crippen LogP contribution in [0.15, 0.2) is 48.5 Å². The number of carbonyl (C=O) groups is 3. The van der Waals surface area contributed by atoms with Crippen LogP contribution in [0.3, 0.4) is 0 Å². The standard InChI is InChI=1S/C28H17Cl3F9N3O4/c29-15-3-2-12(41-25(46)21-20(27(21,30)31)11-1-4-16(32)14(7-11)28(38,39)40)8-13(15)24(45)42-18-6-5-17(33)23(22(18)34)43-19(44)9-47-10-26(35,36)37/h1-8,20-21H,9-10H2,(H,41,46)(H,42,45)(H,43,44)/t20-,21+/m0/s1. The summed E-state index contributed by atoms with van der Waals surface area (Å²) in [4.78, 5) is 37.8. The highest BCUT2D eigenvalue weighted by Crippen LogP contribution is 2.65. The number of hydrogen-bond donors (Lipinski definition) is 3. The van der Waals surface area contributed by atoms with E-state index in [-0.39, 0.29) is 21.8 Å². The van der Waals surface area contributed by atoms with Gasteiger partial charge in [0.25, 0.3) is 11.8 Å². The average Bonchev–Trinajstić information content (AvgIpc) is 3.54. The fourth-order valence-corrected chi connectivity index (χ4v) is 5.44. The summed E-state index contributed by atoms with van der Waals surface area (Å²) in [6.45, 7) is -2.99. The van der Waals surface area contributed by atoms with Crippen molar-refractivity contribution in [3.05, 3.63) is 87.7 Å². The van der Waals surface area contributed by atoms with Crippen LogP contribution < -0.4 is 16.0 Å². The molecule has 3 amide bonds. The van der Waals surface area contributed by atoms with Crippen LogP contribution >= 0.6 is 34.8 Å². The molecule has 0 bridgehead atoms. The molecule has 0 spiro atoms. The first kappa shape index (κ1) is 36.1. The smallest absolute Gasteiger partial charge is 0.362 e. The molecule has 1 fully saturated rings. The third kappa shape index (κ3) is 8.41. The van der Waals surface area contributed by atoms with Crippen LogP contribution in [0.2, 0.25) is 5.02 Å². The van der Waals surface area contributed by atoms with E-state index in [0.29, 0.717) is 18.2 Å². The van der Waals surface area contributed by atoms with Crippen LogP contribution in [0, 0.1) is 23.4 Å². The second-order valence-electron chi connectivity index (χ2n) is 9.94. The second-order valence-corrected chi connectivity index (χ2v) is 11.8. The quantitative estimate of drug-likeness (QED) is 0.153. The predicted molar refractivity (Wildman–Crippen MR) is 152 cm³/mol. The zero-order valence-electron chi connectivity index (χ0n) is 22.9. The monoisotopic (exact) mass is 735 g/mol. The minimum atomic E-state index is -5.03. The lowest BCUT2D eigenvalue weighted by molar-refractivity contribution is -0.174. The Kier molecular flexibility index (Phi) is 10.3. The number of hydrogen-bond acceptors (Lipinski definition) is 4. The molecule has 0 aliphatic heterocycles. The molecule has 0 aromatic heterocycles. The largest absolute Gasteiger partial charge is 0.419 e. The van der Waals surface area contributed by atoms with Crippen molar-refractivity contribution in [2.45, 2.75) is 22.6 Å². The molecule has 4 rings (SSSR count). The number of anilines is 3. The lowest BCUT2D eigenvalue weighted by atomic mass is 10.0. The van der Waals surface area contributed by atoms with E-state index in [0.717, 1.165) is 24.3 Å². The second kappa shape index (κ2) is 13.4. The van der Waals surface area contributed by atoms with Gasteiger partial charge in [0.15, 0.2) is 5.82 Å². The van der Waals surface area contributed by atoms with Crippen LogP contribution in [-0.4, -0.2) is 41.4 Å². The zero-order valence-corrected chi connectivity index (χ0v) is 25.1. The summed E-state index contributed by atoms with van der Waals surface area (Å²) >= 11 is 18.5. The first-order valence-electron chi connectivity index (χ1n) is 12.8. The highest BCUT2D eigenvalue weighted by molar-refractivity contribution is 6.53. The molecule has 1 saturated carbocycles. The molecule has 3 N–H and O–H groups in total. The van der Waals surface area contributed by atoms with Crippen molar-refractivity contribution in [3.63, 3.8) is 0 Å². The summed E-state index contributed by atoms with van der Waals surface area (Å²) in [5.74, 6) is -10.2. The number of carbonyl (C=O) groups excluding carboxylic acids is 3. The molecule has 19 heteroatoms. The van der Waals surface area contributed by atoms with Gasteiger partial charge in [-0.05, 0) is 48.0 Å². The summed E-state index contributed by atoms with van der Waals surface area (Å²) in [6, 6.07) is 6.86. The Morgan fingerprint density at radius 2 is 1.51 bits per heavy atom. The van der Waals surface area contributed by atoms with Crippen LogP contribution in [0.5, 0.6) is 0 Å². The molecule has 1 aliphatic carbocycles. The van der Waals surface area contributed by atoms with Gasteiger partial charge in [0.05, 0.1) is 27.8 Å². The minimum absolute atomic E-state index is 0.0965. The van der Waals surface area contributed by atoms with Crippen molar-refractivity contribution in [2.24, 2.45) is 5.92 Å². The first-order valence-corrected chi connectivity index (χ1v) is 13.9. The van der Waals surface area contributed by atoms with Gasteiger partial charge in [-0.25, -0.2) is 13.2 Å². The topological polar surface area (TPSA) is 96.5 Å². The molecule has 0 radical (unpaired) electrons. The maximum Gasteiger partial charge on any atom is 0.419 e. The van der Waals surface area contributed by atoms with Gasteiger partial charge in [0.1, 0.15) is 34.9 Å². The Labute approximate surface area is 273 Å². The average molecular weight is 737 g/mol. The van der Waals surface area contributed by atoms with E-state index in [1.807, 2.05) is 0 Å². The van der Waals surface area contributed by atoms with E-state index in [9.17, 15) is 49.5 Å². The highest BCUT2D eigenvalue weighted by Gasteiger charge is 2.67. The molecule has 252 valence electrons. The van der Waals surface area contributed by atoms with Gasteiger partial charge in [-0.2, -0.15) is 26.3 Å². The molecule has 0 unspecified atom stereocenters. The Balaban J connectivity index is 1.47. The third-order valence-electron chi connectivity index (χ3n) is 6.57. The fourth-order valence-electron chi connectivity index (χ4n) is 4.41. The van der Waals surface area contributed by atoms with E-state index in [4.69, 9.17) is 34.8 Å². The molecular weight excluding hydrogens is 720 g/mol. The van der Waals surface area contributed by atoms with Crippen LogP contribution in [0.1, 0.15) is 27.4 Å². The molecule has 3 aromatic rings. The summed E-state index contributed by atoms with van der Waals surface area (Å²) in [5, 5.41) is 5.94. The van der Waals surface area contributed by atoms with E-state index in [1.54, 1.807) is 5.32 Å². The van der Waals surface area contributed by atoms with Gasteiger partial charge in [0.2, 0.25) is 5.91 Å². The van der Waals surface area contributed by atoms with Gasteiger partial charge in [-0.3, -0.25) is 14.4 Å². The van der Waals surface area contributed by atoms with Gasteiger partial charge in [0, 0.05) is 11.6 Å². The Hall–Kier alpha value is -3.73. The van der Waals surface area contributed by atoms with Crippen molar-refractivity contribution in [1.82, 2.24) is 0 Å². The van der Waals surface area contributed by atoms with E-state index in [2.05, 4.69) is 15.4 Å². The third-order valence-corrected chi connectivity index (χ3v) is 7.84. The number of amides is 3. The van der Waals surface area contributed by atoms with E-state index >= 15 is 4.39 Å². The number of ether oxygens (including phenoxy) is 1. The maximum atomic E-state index is 15.0. The predicted octanol–water partition coefficient (Wildman–Crippen LogP) is 8.07. The van der Waals surface area contributed by atoms with Crippen molar-refractivity contribution < 1.29 is 58.6 Å². The molecule has 0 saturated heterocycles. The first-order chi connectivity index (χ1) is 21.7. The number of halogens is 12. The van der Waals surface area contributed by atoms with Crippen LogP contribution in [0.25, 0.3) is 0 Å². The number of benzene rings is 3. The van der Waals surface area contributed by atoms with Crippen molar-refractivity contribution in [1.29, 1.82) is 0 Å². The summed E-state index contributed by atoms with van der Waals surface area (Å²) in [6.07, 6.45) is -9.79. The SMILES string of the molecule is O=C(COCC(F)(F)F)Nc1c(F)ccc(NC(=O)c2cc(NC(=O)[C@H]3[C@H](c4ccc(F)c(C(F)(F)F)c4)C3(Cl)Cl)ccc2Cl)c1F. The lowest BCUT2D eigenvalue weighted by Crippen LogP contribution is -2.25. The molecule has 3 aromatic carbocycles. The normalized spacial score (nSPS) is 17.2. The van der Waals surface area contributed by atoms with Crippen molar-refractivity contribution in [3.8, 4) is 0 Å². The minimum Gasteiger partial charge on any atom is -0.362 e. The highest BCUT2D eigenvalue weighted by atomic mass is 35.5. The van der Waals surface area contributed by atoms with E-state index < -0.39 is 93.8 Å². The van der Waals surface area contributed by atoms with Gasteiger partial charge in [-0.1, -0.05) is 17.7 Å². The Bertz CT molecular complexity index is 1740. The van der Waals surface area contributed by atoms with Gasteiger partial charge in [-0.15, -0.1) is 23.2 Å². The summed E-state index contributed by atoms with van der Waals surface area (Å²) < 4.78 is 121. The van der Waals surface area contributed by atoms with Gasteiger partial charge < -0.3 is 20.7 Å². The van der Waals surface area contributed by atoms with Crippen LogP contribution in [-0.2, 0) is 20.5 Å². The summed E-state index contributed by atoms with van der Waals surface area (Å²) in [5.41, 5.74) is -4.01. The zero-order chi connectivity index (χ0) is 35.1. The van der Waals surface area contributed by atoms with Crippen LogP contribution in [0.4, 0.5) is 56.6 Å². The molecular formula is C28H17Cl3F9N3O4. The maximum absolute atomic E-state index is 15.0. The molecule has 47 heavy (non-hydrogen) atoms. The molecule has 2 atom stereocenters. The molecule has 7 nitrogen and oxygen atoms in total. The number of rotatable bonds is 9. The van der Waals surface area contributed by atoms with E-state index in [1.165, 1.54) is 6.07 Å². The fraction of sp³-hybridized carbons (Fsp3) is 0.250. The van der Waals surface area contributed by atoms with Crippen molar-refractivity contribution in [2.75, 3.05) is 29.2 Å². The van der Waals surface area contributed by atoms with Crippen molar-refractivity contribution >= 4 is 69.6 Å². The Morgan fingerprint density at radius 3 is 2.15 bits per heavy atom. The lowest BCUT2D eigenvalue weighted by Gasteiger charge is -2.14. The number of alkyl halides is 8.